The van der Waals surface area contributed by atoms with E-state index in [1.165, 1.54) is 17.1 Å². The van der Waals surface area contributed by atoms with Crippen molar-refractivity contribution in [2.75, 3.05) is 5.32 Å². The Morgan fingerprint density at radius 2 is 1.88 bits per heavy atom. The van der Waals surface area contributed by atoms with E-state index in [4.69, 9.17) is 0 Å². The van der Waals surface area contributed by atoms with Gasteiger partial charge in [-0.3, -0.25) is 14.2 Å². The molecule has 0 spiro atoms. The molecule has 3 rings (SSSR count). The summed E-state index contributed by atoms with van der Waals surface area (Å²) in [5, 5.41) is 10.5. The van der Waals surface area contributed by atoms with E-state index in [-0.39, 0.29) is 11.8 Å². The summed E-state index contributed by atoms with van der Waals surface area (Å²) in [5.41, 5.74) is 0.482. The molecular weight excluding hydrogens is 354 g/mol. The van der Waals surface area contributed by atoms with E-state index < -0.39 is 41.3 Å². The number of rotatable bonds is 4. The summed E-state index contributed by atoms with van der Waals surface area (Å²) in [5.74, 6) is -6.64. The maximum Gasteiger partial charge on any atom is 0.259 e. The smallest absolute Gasteiger partial charge is 0.259 e. The van der Waals surface area contributed by atoms with Gasteiger partial charge in [0.2, 0.25) is 0 Å². The Morgan fingerprint density at radius 3 is 2.54 bits per heavy atom. The van der Waals surface area contributed by atoms with Crippen LogP contribution in [-0.2, 0) is 13.6 Å². The van der Waals surface area contributed by atoms with Crippen molar-refractivity contribution >= 4 is 11.6 Å². The number of aryl methyl sites for hydroxylation is 2. The van der Waals surface area contributed by atoms with Crippen molar-refractivity contribution in [3.8, 4) is 0 Å². The van der Waals surface area contributed by atoms with E-state index in [0.717, 1.165) is 4.68 Å². The third kappa shape index (κ3) is 3.30. The third-order valence-electron chi connectivity index (χ3n) is 3.68. The molecule has 0 fully saturated rings. The zero-order valence-corrected chi connectivity index (χ0v) is 13.7. The SMILES string of the molecule is Cc1nn(C)cc1C(=O)Nc1cnn(Cc2c(F)cc(F)c(F)c2F)c1. The molecule has 1 N–H and O–H groups in total. The molecule has 0 aliphatic carbocycles. The van der Waals surface area contributed by atoms with Crippen LogP contribution in [0.1, 0.15) is 21.6 Å². The lowest BCUT2D eigenvalue weighted by Crippen LogP contribution is -2.12. The molecular formula is C16H13F4N5O. The Morgan fingerprint density at radius 1 is 1.15 bits per heavy atom. The molecule has 26 heavy (non-hydrogen) atoms. The first-order chi connectivity index (χ1) is 12.3. The number of benzene rings is 1. The first kappa shape index (κ1) is 17.6. The lowest BCUT2D eigenvalue weighted by Gasteiger charge is -2.07. The van der Waals surface area contributed by atoms with Crippen molar-refractivity contribution in [2.45, 2.75) is 13.5 Å². The van der Waals surface area contributed by atoms with E-state index in [1.54, 1.807) is 20.2 Å². The molecule has 1 amide bonds. The lowest BCUT2D eigenvalue weighted by atomic mass is 10.2. The second-order valence-corrected chi connectivity index (χ2v) is 5.63. The molecule has 2 aromatic heterocycles. The molecule has 136 valence electrons. The Labute approximate surface area is 145 Å². The molecule has 3 aromatic rings. The number of hydrogen-bond acceptors (Lipinski definition) is 3. The predicted octanol–water partition coefficient (Wildman–Crippen LogP) is 2.78. The highest BCUT2D eigenvalue weighted by Gasteiger charge is 2.20. The van der Waals surface area contributed by atoms with Crippen LogP contribution < -0.4 is 5.32 Å². The van der Waals surface area contributed by atoms with Gasteiger partial charge in [-0.2, -0.15) is 10.2 Å². The molecule has 10 heteroatoms. The van der Waals surface area contributed by atoms with Gasteiger partial charge in [0.25, 0.3) is 5.91 Å². The maximum atomic E-state index is 13.7. The fraction of sp³-hybridized carbons (Fsp3) is 0.188. The molecule has 0 aliphatic heterocycles. The number of carbonyl (C=O) groups excluding carboxylic acids is 1. The quantitative estimate of drug-likeness (QED) is 0.438. The van der Waals surface area contributed by atoms with Gasteiger partial charge < -0.3 is 5.32 Å². The van der Waals surface area contributed by atoms with Crippen molar-refractivity contribution < 1.29 is 22.4 Å². The van der Waals surface area contributed by atoms with E-state index in [0.29, 0.717) is 11.3 Å². The average Bonchev–Trinajstić information content (AvgIpc) is 3.15. The highest BCUT2D eigenvalue weighted by molar-refractivity contribution is 6.04. The maximum absolute atomic E-state index is 13.7. The van der Waals surface area contributed by atoms with E-state index >= 15 is 0 Å². The van der Waals surface area contributed by atoms with Crippen LogP contribution in [0.25, 0.3) is 0 Å². The zero-order valence-electron chi connectivity index (χ0n) is 13.7. The van der Waals surface area contributed by atoms with Crippen LogP contribution in [0.4, 0.5) is 23.2 Å². The normalized spacial score (nSPS) is 11.0. The molecule has 2 heterocycles. The van der Waals surface area contributed by atoms with Gasteiger partial charge in [0, 0.05) is 31.1 Å². The number of carbonyl (C=O) groups is 1. The van der Waals surface area contributed by atoms with Crippen LogP contribution in [0.5, 0.6) is 0 Å². The van der Waals surface area contributed by atoms with Gasteiger partial charge in [-0.1, -0.05) is 0 Å². The van der Waals surface area contributed by atoms with Crippen LogP contribution in [0, 0.1) is 30.2 Å². The lowest BCUT2D eigenvalue weighted by molar-refractivity contribution is 0.102. The summed E-state index contributed by atoms with van der Waals surface area (Å²) in [6.45, 7) is 1.20. The monoisotopic (exact) mass is 367 g/mol. The number of amides is 1. The summed E-state index contributed by atoms with van der Waals surface area (Å²) in [4.78, 5) is 12.2. The van der Waals surface area contributed by atoms with Gasteiger partial charge in [0.15, 0.2) is 17.5 Å². The second kappa shape index (κ2) is 6.62. The highest BCUT2D eigenvalue weighted by Crippen LogP contribution is 2.20. The number of hydrogen-bond donors (Lipinski definition) is 1. The van der Waals surface area contributed by atoms with Crippen molar-refractivity contribution in [1.82, 2.24) is 19.6 Å². The summed E-state index contributed by atoms with van der Waals surface area (Å²) in [6.07, 6.45) is 4.12. The molecule has 1 aromatic carbocycles. The molecule has 6 nitrogen and oxygen atoms in total. The molecule has 0 bridgehead atoms. The second-order valence-electron chi connectivity index (χ2n) is 5.63. The number of halogens is 4. The summed E-state index contributed by atoms with van der Waals surface area (Å²) in [6, 6.07) is 0.269. The highest BCUT2D eigenvalue weighted by atomic mass is 19.2. The van der Waals surface area contributed by atoms with Crippen molar-refractivity contribution in [1.29, 1.82) is 0 Å². The minimum Gasteiger partial charge on any atom is -0.319 e. The number of aromatic nitrogens is 4. The topological polar surface area (TPSA) is 64.7 Å². The third-order valence-corrected chi connectivity index (χ3v) is 3.68. The van der Waals surface area contributed by atoms with E-state index in [1.807, 2.05) is 0 Å². The first-order valence-electron chi connectivity index (χ1n) is 7.42. The molecule has 0 radical (unpaired) electrons. The Kier molecular flexibility index (Phi) is 4.49. The fourth-order valence-corrected chi connectivity index (χ4v) is 2.45. The van der Waals surface area contributed by atoms with Crippen molar-refractivity contribution in [3.63, 3.8) is 0 Å². The Hall–Kier alpha value is -3.17. The van der Waals surface area contributed by atoms with Crippen LogP contribution >= 0.6 is 0 Å². The largest absolute Gasteiger partial charge is 0.319 e. The van der Waals surface area contributed by atoms with Gasteiger partial charge in [0.05, 0.1) is 29.7 Å². The molecule has 0 atom stereocenters. The van der Waals surface area contributed by atoms with Crippen molar-refractivity contribution in [3.05, 3.63) is 64.7 Å². The summed E-state index contributed by atoms with van der Waals surface area (Å²) in [7, 11) is 1.67. The average molecular weight is 367 g/mol. The van der Waals surface area contributed by atoms with E-state index in [9.17, 15) is 22.4 Å². The van der Waals surface area contributed by atoms with Crippen LogP contribution in [0.3, 0.4) is 0 Å². The fourth-order valence-electron chi connectivity index (χ4n) is 2.45. The molecule has 0 unspecified atom stereocenters. The molecule has 0 saturated heterocycles. The van der Waals surface area contributed by atoms with Gasteiger partial charge in [0.1, 0.15) is 5.82 Å². The van der Waals surface area contributed by atoms with Crippen molar-refractivity contribution in [2.24, 2.45) is 7.05 Å². The van der Waals surface area contributed by atoms with Crippen LogP contribution in [0.15, 0.2) is 24.7 Å². The minimum absolute atomic E-state index is 0.265. The van der Waals surface area contributed by atoms with Gasteiger partial charge >= 0.3 is 0 Å². The van der Waals surface area contributed by atoms with Gasteiger partial charge in [-0.15, -0.1) is 0 Å². The number of anilines is 1. The zero-order chi connectivity index (χ0) is 19.0. The Balaban J connectivity index is 1.78. The summed E-state index contributed by atoms with van der Waals surface area (Å²) >= 11 is 0. The number of nitrogens with zero attached hydrogens (tertiary/aromatic N) is 4. The van der Waals surface area contributed by atoms with Gasteiger partial charge in [-0.05, 0) is 6.92 Å². The summed E-state index contributed by atoms with van der Waals surface area (Å²) < 4.78 is 56.2. The van der Waals surface area contributed by atoms with Crippen LogP contribution in [-0.4, -0.2) is 25.5 Å². The predicted molar refractivity (Wildman–Crippen MR) is 83.5 cm³/mol. The molecule has 0 saturated carbocycles. The Bertz CT molecular complexity index is 995. The van der Waals surface area contributed by atoms with Crippen LogP contribution in [0.2, 0.25) is 0 Å². The first-order valence-corrected chi connectivity index (χ1v) is 7.42. The minimum atomic E-state index is -1.76. The van der Waals surface area contributed by atoms with E-state index in [2.05, 4.69) is 15.5 Å². The number of nitrogens with one attached hydrogen (secondary N) is 1. The van der Waals surface area contributed by atoms with Gasteiger partial charge in [-0.25, -0.2) is 17.6 Å². The molecule has 0 aliphatic rings. The standard InChI is InChI=1S/C16H13F4N5O/c1-8-10(6-24(2)23-8)16(26)22-9-4-21-25(5-9)7-11-12(17)3-13(18)15(20)14(11)19/h3-6H,7H2,1-2H3,(H,22,26).